The number of allylic oxidation sites excluding steroid dienone is 2. The van der Waals surface area contributed by atoms with Crippen LogP contribution in [0.2, 0.25) is 0 Å². The Morgan fingerprint density at radius 2 is 1.53 bits per heavy atom. The number of fused-ring (bicyclic) bond motifs is 7. The summed E-state index contributed by atoms with van der Waals surface area (Å²) >= 11 is 0. The van der Waals surface area contributed by atoms with Gasteiger partial charge in [0.15, 0.2) is 0 Å². The van der Waals surface area contributed by atoms with Crippen LogP contribution in [0.1, 0.15) is 106 Å². The first-order valence-electron chi connectivity index (χ1n) is 17.4. The lowest BCUT2D eigenvalue weighted by Crippen LogP contribution is -2.68. The maximum atomic E-state index is 14.4. The van der Waals surface area contributed by atoms with Gasteiger partial charge in [0.05, 0.1) is 18.8 Å². The van der Waals surface area contributed by atoms with Crippen molar-refractivity contribution >= 4 is 5.97 Å². The van der Waals surface area contributed by atoms with Gasteiger partial charge in [0.1, 0.15) is 29.8 Å². The first kappa shape index (κ1) is 33.8. The van der Waals surface area contributed by atoms with E-state index in [1.54, 1.807) is 0 Å². The molecule has 0 spiro atoms. The summed E-state index contributed by atoms with van der Waals surface area (Å²) in [7, 11) is 0. The molecule has 6 N–H and O–H groups in total. The third kappa shape index (κ3) is 4.54. The number of hydrogen-bond acceptors (Lipinski definition) is 9. The number of hydrogen-bond donors (Lipinski definition) is 6. The third-order valence-electron chi connectivity index (χ3n) is 15.1. The molecule has 45 heavy (non-hydrogen) atoms. The molecular weight excluding hydrogens is 576 g/mol. The Morgan fingerprint density at radius 3 is 2.20 bits per heavy atom. The van der Waals surface area contributed by atoms with Crippen molar-refractivity contribution in [3.05, 3.63) is 11.6 Å². The molecule has 256 valence electrons. The van der Waals surface area contributed by atoms with Crippen molar-refractivity contribution in [1.29, 1.82) is 0 Å². The predicted molar refractivity (Wildman–Crippen MR) is 166 cm³/mol. The molecular formula is C36H58O9. The Hall–Kier alpha value is -1.07. The molecule has 0 aromatic carbocycles. The maximum Gasteiger partial charge on any atom is 0.317 e. The number of rotatable bonds is 3. The molecule has 9 nitrogen and oxygen atoms in total. The molecule has 6 rings (SSSR count). The molecule has 1 saturated heterocycles. The Morgan fingerprint density at radius 1 is 0.844 bits per heavy atom. The highest BCUT2D eigenvalue weighted by Crippen LogP contribution is 2.75. The highest BCUT2D eigenvalue weighted by atomic mass is 16.7. The second kappa shape index (κ2) is 10.7. The normalized spacial score (nSPS) is 53.6. The molecule has 0 aromatic rings. The first-order valence-corrected chi connectivity index (χ1v) is 17.4. The smallest absolute Gasteiger partial charge is 0.317 e. The van der Waals surface area contributed by atoms with Crippen molar-refractivity contribution in [2.24, 2.45) is 50.2 Å². The minimum absolute atomic E-state index is 0.0497. The number of ether oxygens (including phenoxy) is 2. The summed E-state index contributed by atoms with van der Waals surface area (Å²) in [5.74, 6) is -0.157. The molecule has 5 aliphatic carbocycles. The monoisotopic (exact) mass is 634 g/mol. The van der Waals surface area contributed by atoms with E-state index < -0.39 is 54.8 Å². The summed E-state index contributed by atoms with van der Waals surface area (Å²) in [6, 6.07) is 0. The van der Waals surface area contributed by atoms with E-state index in [-0.39, 0.29) is 39.1 Å². The molecule has 1 heterocycles. The number of carbonyl (C=O) groups is 1. The average molecular weight is 635 g/mol. The van der Waals surface area contributed by atoms with E-state index in [2.05, 4.69) is 54.5 Å². The lowest BCUT2D eigenvalue weighted by molar-refractivity contribution is -0.299. The number of aliphatic hydroxyl groups excluding tert-OH is 6. The fourth-order valence-electron chi connectivity index (χ4n) is 12.1. The van der Waals surface area contributed by atoms with E-state index in [0.29, 0.717) is 37.5 Å². The van der Waals surface area contributed by atoms with Gasteiger partial charge in [-0.2, -0.15) is 0 Å². The Balaban J connectivity index is 1.38. The van der Waals surface area contributed by atoms with Gasteiger partial charge in [-0.1, -0.05) is 60.1 Å². The van der Waals surface area contributed by atoms with Gasteiger partial charge in [-0.15, -0.1) is 0 Å². The van der Waals surface area contributed by atoms with E-state index in [9.17, 15) is 35.4 Å². The fourth-order valence-corrected chi connectivity index (χ4v) is 12.1. The van der Waals surface area contributed by atoms with Crippen molar-refractivity contribution < 1.29 is 44.9 Å². The highest BCUT2D eigenvalue weighted by molar-refractivity contribution is 5.80. The summed E-state index contributed by atoms with van der Waals surface area (Å²) in [6.45, 7) is 15.5. The van der Waals surface area contributed by atoms with Gasteiger partial charge in [-0.25, -0.2) is 0 Å². The molecule has 0 amide bonds. The van der Waals surface area contributed by atoms with Crippen molar-refractivity contribution in [1.82, 2.24) is 0 Å². The Kier molecular flexibility index (Phi) is 8.05. The summed E-state index contributed by atoms with van der Waals surface area (Å²) in [4.78, 5) is 14.4. The average Bonchev–Trinajstić information content (AvgIpc) is 2.95. The van der Waals surface area contributed by atoms with Crippen molar-refractivity contribution in [3.63, 3.8) is 0 Å². The van der Waals surface area contributed by atoms with E-state index >= 15 is 0 Å². The zero-order chi connectivity index (χ0) is 33.1. The molecule has 0 aromatic heterocycles. The maximum absolute atomic E-state index is 14.4. The van der Waals surface area contributed by atoms with Gasteiger partial charge in [0, 0.05) is 0 Å². The number of esters is 1. The van der Waals surface area contributed by atoms with Crippen LogP contribution in [0.3, 0.4) is 0 Å². The molecule has 1 aliphatic heterocycles. The van der Waals surface area contributed by atoms with Crippen LogP contribution >= 0.6 is 0 Å². The zero-order valence-corrected chi connectivity index (χ0v) is 28.3. The van der Waals surface area contributed by atoms with Crippen molar-refractivity contribution in [2.45, 2.75) is 149 Å². The van der Waals surface area contributed by atoms with Crippen LogP contribution in [-0.4, -0.2) is 86.1 Å². The van der Waals surface area contributed by atoms with Crippen LogP contribution < -0.4 is 0 Å². The van der Waals surface area contributed by atoms with Crippen LogP contribution in [0.15, 0.2) is 11.6 Å². The van der Waals surface area contributed by atoms with E-state index in [1.807, 2.05) is 0 Å². The lowest BCUT2D eigenvalue weighted by Gasteiger charge is -2.71. The largest absolute Gasteiger partial charge is 0.432 e. The minimum Gasteiger partial charge on any atom is -0.432 e. The van der Waals surface area contributed by atoms with Crippen molar-refractivity contribution in [3.8, 4) is 0 Å². The summed E-state index contributed by atoms with van der Waals surface area (Å²) in [5.41, 5.74) is -0.661. The van der Waals surface area contributed by atoms with E-state index in [1.165, 1.54) is 5.57 Å². The molecule has 6 aliphatic rings. The SMILES string of the molecule is CC1(C)CC[C@]2(C(=O)O[C@@H]3O[C@H](CO)[C@@H](O)[C@H](O)[C@H]3O)[C@@H](O)C[C@]3(C)C(=CCC4[C@@]5(C)CC[C@H](O)C(C)(C)C5CC[C@]43C)[C@@H]2C1. The third-order valence-corrected chi connectivity index (χ3v) is 15.1. The minimum atomic E-state index is -1.70. The molecule has 0 bridgehead atoms. The lowest BCUT2D eigenvalue weighted by atomic mass is 9.33. The van der Waals surface area contributed by atoms with Gasteiger partial charge in [0.25, 0.3) is 0 Å². The van der Waals surface area contributed by atoms with E-state index in [4.69, 9.17) is 9.47 Å². The zero-order valence-electron chi connectivity index (χ0n) is 28.3. The van der Waals surface area contributed by atoms with Gasteiger partial charge in [0.2, 0.25) is 6.29 Å². The topological polar surface area (TPSA) is 157 Å². The quantitative estimate of drug-likeness (QED) is 0.202. The van der Waals surface area contributed by atoms with E-state index in [0.717, 1.165) is 32.1 Å². The van der Waals surface area contributed by atoms with Gasteiger partial charge in [-0.05, 0) is 103 Å². The second-order valence-corrected chi connectivity index (χ2v) is 18.0. The van der Waals surface area contributed by atoms with Crippen LogP contribution in [0, 0.1) is 50.2 Å². The Bertz CT molecular complexity index is 1210. The second-order valence-electron chi connectivity index (χ2n) is 18.0. The van der Waals surface area contributed by atoms with Crippen LogP contribution in [0.5, 0.6) is 0 Å². The summed E-state index contributed by atoms with van der Waals surface area (Å²) in [5, 5.41) is 64.3. The summed E-state index contributed by atoms with van der Waals surface area (Å²) in [6.07, 6.45) is 0.341. The Labute approximate surface area is 268 Å². The molecule has 14 atom stereocenters. The molecule has 0 radical (unpaired) electrons. The first-order chi connectivity index (χ1) is 20.8. The highest BCUT2D eigenvalue weighted by Gasteiger charge is 2.71. The molecule has 4 saturated carbocycles. The van der Waals surface area contributed by atoms with Crippen molar-refractivity contribution in [2.75, 3.05) is 6.61 Å². The predicted octanol–water partition coefficient (Wildman–Crippen LogP) is 3.46. The van der Waals surface area contributed by atoms with Gasteiger partial charge >= 0.3 is 5.97 Å². The van der Waals surface area contributed by atoms with Gasteiger partial charge < -0.3 is 40.1 Å². The van der Waals surface area contributed by atoms with Crippen LogP contribution in [0.25, 0.3) is 0 Å². The van der Waals surface area contributed by atoms with Gasteiger partial charge in [-0.3, -0.25) is 4.79 Å². The summed E-state index contributed by atoms with van der Waals surface area (Å²) < 4.78 is 11.4. The van der Waals surface area contributed by atoms with Crippen LogP contribution in [-0.2, 0) is 14.3 Å². The molecule has 5 fully saturated rings. The molecule has 9 heteroatoms. The van der Waals surface area contributed by atoms with Crippen LogP contribution in [0.4, 0.5) is 0 Å². The number of carbonyl (C=O) groups excluding carboxylic acids is 1. The fraction of sp³-hybridized carbons (Fsp3) is 0.917. The molecule has 2 unspecified atom stereocenters. The standard InChI is InChI=1S/C36H58O9/c1-31(2)14-15-36(30(43)45-29-28(42)27(41)26(40)21(18-37)44-29)20(16-31)19-8-9-23-33(5)12-11-24(38)32(3,4)22(33)10-13-34(23,6)35(19,7)17-25(36)39/h8,20-29,37-42H,9-18H2,1-7H3/t20-,21+,22?,23?,24-,25-,26+,27-,28+,29-,33-,34+,35+,36+/m0/s1. The number of aliphatic hydroxyl groups is 6.